The number of rotatable bonds is 4. The van der Waals surface area contributed by atoms with Crippen LogP contribution in [0, 0.1) is 23.7 Å². The molecule has 28 heavy (non-hydrogen) atoms. The van der Waals surface area contributed by atoms with E-state index in [0.29, 0.717) is 6.42 Å². The van der Waals surface area contributed by atoms with Crippen molar-refractivity contribution >= 4 is 39.5 Å². The first kappa shape index (κ1) is 19.2. The van der Waals surface area contributed by atoms with Crippen LogP contribution in [0.1, 0.15) is 12.0 Å². The standard InChI is InChI=1S/C18H15BrF3NO5/c19-14-7-5-8-13(17(26)28-15(8)14)12(7)16(25)27-6-11(24)23-10-4-2-1-3-9(10)18(20,21)22/h1-4,7-8,12-15H,5-6H2,(H,23,24)/t7-,8-,12-,13-,14-,15+/m1/s1. The van der Waals surface area contributed by atoms with E-state index in [-0.39, 0.29) is 22.8 Å². The molecule has 3 aliphatic rings. The third-order valence-electron chi connectivity index (χ3n) is 5.65. The molecule has 0 aromatic heterocycles. The Morgan fingerprint density at radius 1 is 1.25 bits per heavy atom. The van der Waals surface area contributed by atoms with E-state index in [1.807, 2.05) is 0 Å². The van der Waals surface area contributed by atoms with Crippen molar-refractivity contribution in [2.24, 2.45) is 23.7 Å². The molecule has 6 nitrogen and oxygen atoms in total. The number of benzene rings is 1. The fourth-order valence-corrected chi connectivity index (χ4v) is 5.60. The van der Waals surface area contributed by atoms with Crippen molar-refractivity contribution in [2.75, 3.05) is 11.9 Å². The molecular formula is C18H15BrF3NO5. The molecule has 2 saturated carbocycles. The SMILES string of the molecule is O=C(COC(=O)[C@@H]1[C@H]2C[C@H]3[C@H](OC(=O)[C@H]31)[C@@H]2Br)Nc1ccccc1C(F)(F)F. The van der Waals surface area contributed by atoms with Gasteiger partial charge in [-0.3, -0.25) is 14.4 Å². The van der Waals surface area contributed by atoms with Crippen LogP contribution in [0.3, 0.4) is 0 Å². The smallest absolute Gasteiger partial charge is 0.418 e. The minimum Gasteiger partial charge on any atom is -0.461 e. The summed E-state index contributed by atoms with van der Waals surface area (Å²) in [5.74, 6) is -3.51. The van der Waals surface area contributed by atoms with Gasteiger partial charge >= 0.3 is 18.1 Å². The fraction of sp³-hybridized carbons (Fsp3) is 0.500. The Morgan fingerprint density at radius 3 is 2.68 bits per heavy atom. The van der Waals surface area contributed by atoms with Crippen molar-refractivity contribution in [3.63, 3.8) is 0 Å². The quantitative estimate of drug-likeness (QED) is 0.550. The van der Waals surface area contributed by atoms with Crippen LogP contribution in [0.2, 0.25) is 0 Å². The van der Waals surface area contributed by atoms with Crippen molar-refractivity contribution in [3.05, 3.63) is 29.8 Å². The minimum absolute atomic E-state index is 0.0492. The molecule has 1 heterocycles. The molecule has 1 saturated heterocycles. The van der Waals surface area contributed by atoms with Gasteiger partial charge < -0.3 is 14.8 Å². The third kappa shape index (κ3) is 3.07. The zero-order valence-corrected chi connectivity index (χ0v) is 15.8. The first-order valence-electron chi connectivity index (χ1n) is 8.65. The topological polar surface area (TPSA) is 81.7 Å². The van der Waals surface area contributed by atoms with Crippen molar-refractivity contribution in [2.45, 2.75) is 23.5 Å². The van der Waals surface area contributed by atoms with Gasteiger partial charge in [0.2, 0.25) is 0 Å². The van der Waals surface area contributed by atoms with Crippen molar-refractivity contribution in [1.29, 1.82) is 0 Å². The number of carbonyl (C=O) groups excluding carboxylic acids is 3. The van der Waals surface area contributed by atoms with Gasteiger partial charge in [0.15, 0.2) is 6.61 Å². The van der Waals surface area contributed by atoms with E-state index in [4.69, 9.17) is 9.47 Å². The highest BCUT2D eigenvalue weighted by Crippen LogP contribution is 2.60. The van der Waals surface area contributed by atoms with Gasteiger partial charge in [0.25, 0.3) is 5.91 Å². The number of carbonyl (C=O) groups is 3. The zero-order valence-electron chi connectivity index (χ0n) is 14.2. The lowest BCUT2D eigenvalue weighted by Crippen LogP contribution is -2.39. The largest absolute Gasteiger partial charge is 0.461 e. The summed E-state index contributed by atoms with van der Waals surface area (Å²) in [6.07, 6.45) is -4.22. The van der Waals surface area contributed by atoms with Gasteiger partial charge in [-0.1, -0.05) is 28.1 Å². The third-order valence-corrected chi connectivity index (χ3v) is 6.85. The maximum Gasteiger partial charge on any atom is 0.418 e. The summed E-state index contributed by atoms with van der Waals surface area (Å²) in [5, 5.41) is 2.11. The maximum absolute atomic E-state index is 13.0. The maximum atomic E-state index is 13.0. The first-order valence-corrected chi connectivity index (χ1v) is 9.57. The van der Waals surface area contributed by atoms with Gasteiger partial charge in [-0.2, -0.15) is 13.2 Å². The average molecular weight is 462 g/mol. The Kier molecular flexibility index (Phi) is 4.64. The molecular weight excluding hydrogens is 447 g/mol. The predicted octanol–water partition coefficient (Wildman–Crippen LogP) is 2.76. The number of ether oxygens (including phenoxy) is 2. The van der Waals surface area contributed by atoms with E-state index in [1.165, 1.54) is 12.1 Å². The van der Waals surface area contributed by atoms with Gasteiger partial charge in [-0.15, -0.1) is 0 Å². The molecule has 150 valence electrons. The molecule has 0 radical (unpaired) electrons. The normalized spacial score (nSPS) is 32.9. The number of hydrogen-bond donors (Lipinski definition) is 1. The van der Waals surface area contributed by atoms with Crippen LogP contribution in [0.25, 0.3) is 0 Å². The van der Waals surface area contributed by atoms with E-state index < -0.39 is 53.7 Å². The van der Waals surface area contributed by atoms with Crippen molar-refractivity contribution in [3.8, 4) is 0 Å². The summed E-state index contributed by atoms with van der Waals surface area (Å²) >= 11 is 3.46. The first-order chi connectivity index (χ1) is 13.2. The van der Waals surface area contributed by atoms with Crippen LogP contribution < -0.4 is 5.32 Å². The van der Waals surface area contributed by atoms with Crippen LogP contribution in [0.4, 0.5) is 18.9 Å². The molecule has 2 bridgehead atoms. The van der Waals surface area contributed by atoms with Crippen LogP contribution in [0.5, 0.6) is 0 Å². The molecule has 1 aromatic carbocycles. The molecule has 1 aliphatic heterocycles. The summed E-state index contributed by atoms with van der Waals surface area (Å²) in [6.45, 7) is -0.739. The predicted molar refractivity (Wildman–Crippen MR) is 92.2 cm³/mol. The summed E-state index contributed by atoms with van der Waals surface area (Å²) < 4.78 is 49.3. The van der Waals surface area contributed by atoms with E-state index in [2.05, 4.69) is 21.2 Å². The molecule has 4 rings (SSSR count). The molecule has 2 aliphatic carbocycles. The second-order valence-electron chi connectivity index (χ2n) is 7.16. The molecule has 6 atom stereocenters. The molecule has 1 N–H and O–H groups in total. The fourth-order valence-electron chi connectivity index (χ4n) is 4.55. The number of esters is 2. The van der Waals surface area contributed by atoms with Gasteiger partial charge in [0.1, 0.15) is 6.10 Å². The van der Waals surface area contributed by atoms with Gasteiger partial charge in [0.05, 0.1) is 27.9 Å². The van der Waals surface area contributed by atoms with Crippen LogP contribution in [-0.2, 0) is 30.0 Å². The number of fused-ring (bicyclic) bond motifs is 1. The number of hydrogen-bond acceptors (Lipinski definition) is 5. The molecule has 1 aromatic rings. The minimum atomic E-state index is -4.63. The van der Waals surface area contributed by atoms with Gasteiger partial charge in [0, 0.05) is 5.92 Å². The highest BCUT2D eigenvalue weighted by Gasteiger charge is 2.68. The summed E-state index contributed by atoms with van der Waals surface area (Å²) in [7, 11) is 0. The number of anilines is 1. The van der Waals surface area contributed by atoms with Crippen LogP contribution >= 0.6 is 15.9 Å². The summed E-state index contributed by atoms with van der Waals surface area (Å²) in [5.41, 5.74) is -1.41. The van der Waals surface area contributed by atoms with E-state index >= 15 is 0 Å². The Labute approximate surface area is 165 Å². The Morgan fingerprint density at radius 2 is 1.96 bits per heavy atom. The molecule has 0 spiro atoms. The van der Waals surface area contributed by atoms with Crippen LogP contribution in [-0.4, -0.2) is 35.4 Å². The monoisotopic (exact) mass is 461 g/mol. The van der Waals surface area contributed by atoms with Crippen molar-refractivity contribution in [1.82, 2.24) is 0 Å². The summed E-state index contributed by atoms with van der Waals surface area (Å²) in [6, 6.07) is 4.51. The lowest BCUT2D eigenvalue weighted by molar-refractivity contribution is -0.157. The van der Waals surface area contributed by atoms with Crippen molar-refractivity contribution < 1.29 is 37.0 Å². The summed E-state index contributed by atoms with van der Waals surface area (Å²) in [4.78, 5) is 36.4. The molecule has 3 fully saturated rings. The van der Waals surface area contributed by atoms with E-state index in [1.54, 1.807) is 0 Å². The Balaban J connectivity index is 1.39. The average Bonchev–Trinajstić information content (AvgIpc) is 3.23. The highest BCUT2D eigenvalue weighted by atomic mass is 79.9. The Bertz CT molecular complexity index is 845. The number of para-hydroxylation sites is 1. The Hall–Kier alpha value is -2.10. The second-order valence-corrected chi connectivity index (χ2v) is 8.22. The second kappa shape index (κ2) is 6.75. The van der Waals surface area contributed by atoms with Gasteiger partial charge in [-0.25, -0.2) is 0 Å². The molecule has 1 amide bonds. The van der Waals surface area contributed by atoms with Crippen LogP contribution in [0.15, 0.2) is 24.3 Å². The number of amides is 1. The number of alkyl halides is 4. The van der Waals surface area contributed by atoms with E-state index in [0.717, 1.165) is 12.1 Å². The lowest BCUT2D eigenvalue weighted by Gasteiger charge is -2.26. The number of halogens is 4. The number of nitrogens with one attached hydrogen (secondary N) is 1. The molecule has 0 unspecified atom stereocenters. The van der Waals surface area contributed by atoms with Gasteiger partial charge in [-0.05, 0) is 24.5 Å². The zero-order chi connectivity index (χ0) is 20.2. The highest BCUT2D eigenvalue weighted by molar-refractivity contribution is 9.09. The lowest BCUT2D eigenvalue weighted by atomic mass is 9.80. The molecule has 10 heteroatoms. The van der Waals surface area contributed by atoms with E-state index in [9.17, 15) is 27.6 Å².